The van der Waals surface area contributed by atoms with Crippen LogP contribution in [0, 0.1) is 0 Å². The van der Waals surface area contributed by atoms with Gasteiger partial charge in [0.25, 0.3) is 0 Å². The molecule has 2 atom stereocenters. The molecule has 1 aromatic carbocycles. The largest absolute Gasteiger partial charge is 0.506 e. The van der Waals surface area contributed by atoms with Gasteiger partial charge in [0.05, 0.1) is 31.1 Å². The second kappa shape index (κ2) is 27.3. The number of hydrogen-bond acceptors (Lipinski definition) is 7. The van der Waals surface area contributed by atoms with Crippen LogP contribution in [0.3, 0.4) is 0 Å². The third-order valence-corrected chi connectivity index (χ3v) is 7.49. The summed E-state index contributed by atoms with van der Waals surface area (Å²) in [5.41, 5.74) is 1.18. The molecule has 0 spiro atoms. The Bertz CT molecular complexity index is 706. The van der Waals surface area contributed by atoms with E-state index in [1.54, 1.807) is 12.1 Å². The number of para-hydroxylation sites is 1. The number of phenolic OH excluding ortho intramolecular Hbond substituents is 1. The van der Waals surface area contributed by atoms with E-state index in [0.717, 1.165) is 12.8 Å². The fraction of sp³-hybridized carbons (Fsp3) is 0.824. The molecular weight excluding hydrogens is 516 g/mol. The summed E-state index contributed by atoms with van der Waals surface area (Å²) < 4.78 is 11.3. The molecule has 2 unspecified atom stereocenters. The van der Waals surface area contributed by atoms with Crippen LogP contribution in [0.5, 0.6) is 5.75 Å². The van der Waals surface area contributed by atoms with Crippen molar-refractivity contribution in [2.75, 3.05) is 50.2 Å². The number of aliphatic hydroxyl groups excluding tert-OH is 2. The number of phenols is 1. The average Bonchev–Trinajstić information content (AvgIpc) is 2.97. The Balaban J connectivity index is 2.14. The Labute approximate surface area is 251 Å². The van der Waals surface area contributed by atoms with Crippen molar-refractivity contribution >= 4 is 11.4 Å². The molecule has 0 heterocycles. The molecule has 0 fully saturated rings. The number of ether oxygens (including phenoxy) is 2. The first kappa shape index (κ1) is 37.5. The fourth-order valence-corrected chi connectivity index (χ4v) is 4.91. The number of aromatic hydroxyl groups is 1. The number of nitrogens with one attached hydrogen (secondary N) is 2. The fourth-order valence-electron chi connectivity index (χ4n) is 4.91. The van der Waals surface area contributed by atoms with E-state index in [1.165, 1.54) is 103 Å². The van der Waals surface area contributed by atoms with E-state index in [1.807, 2.05) is 6.07 Å². The summed E-state index contributed by atoms with van der Waals surface area (Å²) >= 11 is 0. The maximum Gasteiger partial charge on any atom is 0.140 e. The first-order chi connectivity index (χ1) is 20.1. The predicted octanol–water partition coefficient (Wildman–Crippen LogP) is 8.03. The number of benzene rings is 1. The molecule has 0 aliphatic rings. The summed E-state index contributed by atoms with van der Waals surface area (Å²) in [5.74, 6) is 0.0916. The summed E-state index contributed by atoms with van der Waals surface area (Å²) in [7, 11) is 0. The van der Waals surface area contributed by atoms with Crippen LogP contribution in [0.4, 0.5) is 11.4 Å². The molecule has 0 radical (unpaired) electrons. The van der Waals surface area contributed by atoms with Crippen molar-refractivity contribution in [3.05, 3.63) is 18.2 Å². The highest BCUT2D eigenvalue weighted by Gasteiger charge is 2.12. The Morgan fingerprint density at radius 1 is 0.585 bits per heavy atom. The van der Waals surface area contributed by atoms with Gasteiger partial charge in [0.2, 0.25) is 0 Å². The van der Waals surface area contributed by atoms with E-state index in [9.17, 15) is 15.3 Å². The van der Waals surface area contributed by atoms with E-state index >= 15 is 0 Å². The lowest BCUT2D eigenvalue weighted by molar-refractivity contribution is 0.0414. The van der Waals surface area contributed by atoms with Crippen molar-refractivity contribution in [1.29, 1.82) is 0 Å². The van der Waals surface area contributed by atoms with Gasteiger partial charge < -0.3 is 35.4 Å². The molecule has 0 saturated carbocycles. The summed E-state index contributed by atoms with van der Waals surface area (Å²) in [6.45, 7) is 6.93. The van der Waals surface area contributed by atoms with E-state index in [0.29, 0.717) is 31.1 Å². The standard InChI is InChI=1S/C34H64N2O5/c1-3-5-7-9-11-13-15-17-19-24-40-28-30(37)26-35-32-22-21-23-33(39)34(32)36-27-31(38)29-41-25-20-18-16-14-12-10-8-6-4-2/h21-23,30-31,35-39H,3-20,24-29H2,1-2H3. The molecule has 0 bridgehead atoms. The first-order valence-corrected chi connectivity index (χ1v) is 16.9. The molecule has 0 aromatic heterocycles. The minimum atomic E-state index is -0.680. The maximum absolute atomic E-state index is 10.4. The number of unbranched alkanes of at least 4 members (excludes halogenated alkanes) is 16. The van der Waals surface area contributed by atoms with E-state index in [-0.39, 0.29) is 25.5 Å². The van der Waals surface area contributed by atoms with Crippen LogP contribution in [-0.2, 0) is 9.47 Å². The highest BCUT2D eigenvalue weighted by Crippen LogP contribution is 2.31. The Hall–Kier alpha value is -1.54. The second-order valence-corrected chi connectivity index (χ2v) is 11.6. The predicted molar refractivity (Wildman–Crippen MR) is 173 cm³/mol. The third kappa shape index (κ3) is 21.8. The van der Waals surface area contributed by atoms with Crippen LogP contribution in [-0.4, -0.2) is 67.0 Å². The van der Waals surface area contributed by atoms with Gasteiger partial charge in [0.15, 0.2) is 0 Å². The molecule has 41 heavy (non-hydrogen) atoms. The lowest BCUT2D eigenvalue weighted by atomic mass is 10.1. The SMILES string of the molecule is CCCCCCCCCCCOCC(O)CNc1cccc(O)c1NCC(O)COCCCCCCCCCCC. The van der Waals surface area contributed by atoms with Crippen LogP contribution in [0.2, 0.25) is 0 Å². The Kier molecular flexibility index (Phi) is 25.0. The van der Waals surface area contributed by atoms with Gasteiger partial charge in [-0.1, -0.05) is 123 Å². The number of rotatable bonds is 30. The topological polar surface area (TPSA) is 103 Å². The van der Waals surface area contributed by atoms with Crippen molar-refractivity contribution in [3.8, 4) is 5.75 Å². The molecular formula is C34H64N2O5. The maximum atomic E-state index is 10.4. The Morgan fingerprint density at radius 2 is 1.00 bits per heavy atom. The number of anilines is 2. The summed E-state index contributed by atoms with van der Waals surface area (Å²) in [6, 6.07) is 5.19. The number of aliphatic hydroxyl groups is 2. The van der Waals surface area contributed by atoms with E-state index < -0.39 is 12.2 Å². The van der Waals surface area contributed by atoms with E-state index in [4.69, 9.17) is 9.47 Å². The van der Waals surface area contributed by atoms with Crippen molar-refractivity contribution in [2.45, 2.75) is 142 Å². The van der Waals surface area contributed by atoms with Gasteiger partial charge in [-0.05, 0) is 25.0 Å². The smallest absolute Gasteiger partial charge is 0.140 e. The molecule has 240 valence electrons. The van der Waals surface area contributed by atoms with Gasteiger partial charge in [-0.3, -0.25) is 0 Å². The summed E-state index contributed by atoms with van der Waals surface area (Å²) in [6.07, 6.45) is 21.6. The zero-order chi connectivity index (χ0) is 29.8. The highest BCUT2D eigenvalue weighted by molar-refractivity contribution is 5.75. The molecule has 0 aliphatic heterocycles. The summed E-state index contributed by atoms with van der Waals surface area (Å²) in [5, 5.41) is 37.4. The zero-order valence-electron chi connectivity index (χ0n) is 26.5. The first-order valence-electron chi connectivity index (χ1n) is 16.9. The number of hydrogen-bond donors (Lipinski definition) is 5. The lowest BCUT2D eigenvalue weighted by Gasteiger charge is -2.19. The van der Waals surface area contributed by atoms with Crippen molar-refractivity contribution < 1.29 is 24.8 Å². The Morgan fingerprint density at radius 3 is 1.46 bits per heavy atom. The van der Waals surface area contributed by atoms with Crippen LogP contribution in [0.15, 0.2) is 18.2 Å². The zero-order valence-corrected chi connectivity index (χ0v) is 26.5. The quantitative estimate of drug-likeness (QED) is 0.0463. The molecule has 0 aliphatic carbocycles. The minimum absolute atomic E-state index is 0.0916. The van der Waals surface area contributed by atoms with Crippen LogP contribution in [0.25, 0.3) is 0 Å². The molecule has 1 rings (SSSR count). The van der Waals surface area contributed by atoms with Crippen LogP contribution in [0.1, 0.15) is 129 Å². The van der Waals surface area contributed by atoms with Gasteiger partial charge in [-0.25, -0.2) is 0 Å². The lowest BCUT2D eigenvalue weighted by Crippen LogP contribution is -2.27. The molecule has 7 heteroatoms. The molecule has 5 N–H and O–H groups in total. The van der Waals surface area contributed by atoms with Crippen LogP contribution < -0.4 is 10.6 Å². The molecule has 0 amide bonds. The van der Waals surface area contributed by atoms with Gasteiger partial charge in [0.1, 0.15) is 11.4 Å². The van der Waals surface area contributed by atoms with Crippen molar-refractivity contribution in [2.24, 2.45) is 0 Å². The van der Waals surface area contributed by atoms with Crippen molar-refractivity contribution in [3.63, 3.8) is 0 Å². The molecule has 1 aromatic rings. The van der Waals surface area contributed by atoms with Gasteiger partial charge >= 0.3 is 0 Å². The van der Waals surface area contributed by atoms with Gasteiger partial charge in [0, 0.05) is 26.3 Å². The van der Waals surface area contributed by atoms with Gasteiger partial charge in [-0.15, -0.1) is 0 Å². The monoisotopic (exact) mass is 580 g/mol. The van der Waals surface area contributed by atoms with Crippen molar-refractivity contribution in [1.82, 2.24) is 0 Å². The third-order valence-electron chi connectivity index (χ3n) is 7.49. The molecule has 7 nitrogen and oxygen atoms in total. The normalized spacial score (nSPS) is 12.9. The van der Waals surface area contributed by atoms with Gasteiger partial charge in [-0.2, -0.15) is 0 Å². The second-order valence-electron chi connectivity index (χ2n) is 11.6. The highest BCUT2D eigenvalue weighted by atomic mass is 16.5. The minimum Gasteiger partial charge on any atom is -0.506 e. The molecule has 0 saturated heterocycles. The summed E-state index contributed by atoms with van der Waals surface area (Å²) in [4.78, 5) is 0. The average molecular weight is 581 g/mol. The van der Waals surface area contributed by atoms with Crippen LogP contribution >= 0.6 is 0 Å². The van der Waals surface area contributed by atoms with E-state index in [2.05, 4.69) is 24.5 Å².